The lowest BCUT2D eigenvalue weighted by Gasteiger charge is -2.04. The monoisotopic (exact) mass is 380 g/mol. The first kappa shape index (κ1) is 12.2. The molecule has 0 aliphatic carbocycles. The summed E-state index contributed by atoms with van der Waals surface area (Å²) in [6.07, 6.45) is 6.53. The van der Waals surface area contributed by atoms with Gasteiger partial charge in [-0.05, 0) is 23.3 Å². The Balaban J connectivity index is 3.01. The predicted octanol–water partition coefficient (Wildman–Crippen LogP) is 3.29. The highest BCUT2D eigenvalue weighted by Crippen LogP contribution is 2.06. The quantitative estimate of drug-likeness (QED) is 0.426. The maximum absolute atomic E-state index is 9.19. The lowest BCUT2D eigenvalue weighted by atomic mass is 10.1. The van der Waals surface area contributed by atoms with Crippen LogP contribution in [-0.4, -0.2) is 15.6 Å². The van der Waals surface area contributed by atoms with Gasteiger partial charge in [-0.3, -0.25) is 0 Å². The first-order valence-electron chi connectivity index (χ1n) is 3.80. The molecule has 0 saturated carbocycles. The number of alkyl halides is 1. The lowest BCUT2D eigenvalue weighted by Crippen LogP contribution is -2.06. The molecule has 0 aromatic heterocycles. The summed E-state index contributed by atoms with van der Waals surface area (Å²) < 4.78 is 2.91. The van der Waals surface area contributed by atoms with Gasteiger partial charge in [0.1, 0.15) is 0 Å². The fraction of sp³-hybridized carbons (Fsp3) is 0.750. The van der Waals surface area contributed by atoms with E-state index in [1.54, 1.807) is 0 Å². The van der Waals surface area contributed by atoms with Crippen LogP contribution in [-0.2, 0) is 0 Å². The van der Waals surface area contributed by atoms with Gasteiger partial charge in [0.25, 0.3) is 0 Å². The molecule has 0 rings (SSSR count). The van der Waals surface area contributed by atoms with Crippen molar-refractivity contribution in [1.29, 1.82) is 0 Å². The van der Waals surface area contributed by atoms with Gasteiger partial charge >= 0.3 is 0 Å². The average molecular weight is 380 g/mol. The molecule has 0 aromatic carbocycles. The minimum absolute atomic E-state index is 0.0841. The molecule has 66 valence electrons. The molecule has 0 aliphatic rings. The summed E-state index contributed by atoms with van der Waals surface area (Å²) in [6.45, 7) is 0. The molecule has 0 fully saturated rings. The molecular formula is C8H14I2O. The second-order valence-corrected chi connectivity index (χ2v) is 4.05. The zero-order valence-corrected chi connectivity index (χ0v) is 10.8. The van der Waals surface area contributed by atoms with Crippen LogP contribution >= 0.6 is 45.2 Å². The summed E-state index contributed by atoms with van der Waals surface area (Å²) in [4.78, 5) is 0. The number of hydrogen-bond acceptors (Lipinski definition) is 1. The summed E-state index contributed by atoms with van der Waals surface area (Å²) in [5, 5.41) is 9.19. The Morgan fingerprint density at radius 1 is 1.36 bits per heavy atom. The Bertz CT molecular complexity index is 104. The smallest absolute Gasteiger partial charge is 0.0629 e. The molecule has 11 heavy (non-hydrogen) atoms. The fourth-order valence-corrected chi connectivity index (χ4v) is 1.58. The number of hydrogen-bond donors (Lipinski definition) is 1. The molecule has 0 aliphatic heterocycles. The summed E-state index contributed by atoms with van der Waals surface area (Å²) in [6, 6.07) is 0. The second kappa shape index (κ2) is 9.25. The molecule has 1 N–H and O–H groups in total. The van der Waals surface area contributed by atoms with Crippen molar-refractivity contribution in [2.75, 3.05) is 4.43 Å². The van der Waals surface area contributed by atoms with Crippen molar-refractivity contribution in [1.82, 2.24) is 0 Å². The average Bonchev–Trinajstić information content (AvgIpc) is 2.04. The number of aliphatic hydroxyl groups is 1. The van der Waals surface area contributed by atoms with Crippen molar-refractivity contribution >= 4 is 45.2 Å². The Morgan fingerprint density at radius 3 is 2.64 bits per heavy atom. The van der Waals surface area contributed by atoms with E-state index in [4.69, 9.17) is 0 Å². The van der Waals surface area contributed by atoms with E-state index in [-0.39, 0.29) is 6.10 Å². The molecule has 0 amide bonds. The molecule has 0 saturated heterocycles. The normalized spacial score (nSPS) is 14.1. The predicted molar refractivity (Wildman–Crippen MR) is 66.5 cm³/mol. The maximum Gasteiger partial charge on any atom is 0.0629 e. The Hall–Kier alpha value is 1.16. The van der Waals surface area contributed by atoms with Gasteiger partial charge < -0.3 is 5.11 Å². The third-order valence-electron chi connectivity index (χ3n) is 1.43. The van der Waals surface area contributed by atoms with Crippen LogP contribution in [0.3, 0.4) is 0 Å². The van der Waals surface area contributed by atoms with E-state index in [1.165, 1.54) is 6.42 Å². The van der Waals surface area contributed by atoms with E-state index in [1.807, 2.05) is 4.08 Å². The standard InChI is InChI=1S/C8H14I2O/c9-6-4-2-1-3-5-8(11)7-10/h4,6,8,11H,1-3,5,7H2/b6-4+/t8-/m1/s1. The van der Waals surface area contributed by atoms with Gasteiger partial charge in [0.2, 0.25) is 0 Å². The zero-order chi connectivity index (χ0) is 8.53. The van der Waals surface area contributed by atoms with E-state index in [0.717, 1.165) is 23.7 Å². The van der Waals surface area contributed by atoms with Crippen LogP contribution in [0.2, 0.25) is 0 Å². The van der Waals surface area contributed by atoms with Gasteiger partial charge in [-0.15, -0.1) is 0 Å². The van der Waals surface area contributed by atoms with Crippen LogP contribution in [0.15, 0.2) is 10.2 Å². The van der Waals surface area contributed by atoms with Crippen LogP contribution in [0.4, 0.5) is 0 Å². The highest BCUT2D eigenvalue weighted by molar-refractivity contribution is 14.1. The van der Waals surface area contributed by atoms with Gasteiger partial charge in [-0.25, -0.2) is 0 Å². The summed E-state index contributed by atoms with van der Waals surface area (Å²) >= 11 is 4.45. The summed E-state index contributed by atoms with van der Waals surface area (Å²) in [5.41, 5.74) is 0. The molecule has 0 aromatic rings. The maximum atomic E-state index is 9.19. The first-order valence-corrected chi connectivity index (χ1v) is 6.57. The van der Waals surface area contributed by atoms with Crippen molar-refractivity contribution in [3.05, 3.63) is 10.2 Å². The number of allylic oxidation sites excluding steroid dienone is 1. The lowest BCUT2D eigenvalue weighted by molar-refractivity contribution is 0.188. The van der Waals surface area contributed by atoms with Crippen LogP contribution in [0.5, 0.6) is 0 Å². The molecular weight excluding hydrogens is 366 g/mol. The highest BCUT2D eigenvalue weighted by atomic mass is 127. The van der Waals surface area contributed by atoms with Crippen molar-refractivity contribution in [2.24, 2.45) is 0 Å². The van der Waals surface area contributed by atoms with E-state index < -0.39 is 0 Å². The minimum atomic E-state index is -0.0841. The number of unbranched alkanes of at least 4 members (excludes halogenated alkanes) is 2. The molecule has 0 bridgehead atoms. The molecule has 1 atom stereocenters. The van der Waals surface area contributed by atoms with E-state index in [2.05, 4.69) is 51.3 Å². The van der Waals surface area contributed by atoms with Crippen molar-refractivity contribution in [2.45, 2.75) is 31.8 Å². The highest BCUT2D eigenvalue weighted by Gasteiger charge is 1.99. The topological polar surface area (TPSA) is 20.2 Å². The summed E-state index contributed by atoms with van der Waals surface area (Å²) in [7, 11) is 0. The van der Waals surface area contributed by atoms with Crippen LogP contribution in [0.25, 0.3) is 0 Å². The minimum Gasteiger partial charge on any atom is -0.392 e. The van der Waals surface area contributed by atoms with Gasteiger partial charge in [-0.2, -0.15) is 0 Å². The van der Waals surface area contributed by atoms with Crippen LogP contribution in [0, 0.1) is 0 Å². The number of halogens is 2. The third-order valence-corrected chi connectivity index (χ3v) is 2.95. The van der Waals surface area contributed by atoms with Crippen molar-refractivity contribution in [3.8, 4) is 0 Å². The second-order valence-electron chi connectivity index (χ2n) is 2.45. The Labute approximate surface area is 95.9 Å². The van der Waals surface area contributed by atoms with E-state index in [9.17, 15) is 5.11 Å². The van der Waals surface area contributed by atoms with Crippen LogP contribution < -0.4 is 0 Å². The van der Waals surface area contributed by atoms with Crippen LogP contribution in [0.1, 0.15) is 25.7 Å². The van der Waals surface area contributed by atoms with Gasteiger partial charge in [0, 0.05) is 4.43 Å². The van der Waals surface area contributed by atoms with Crippen molar-refractivity contribution < 1.29 is 5.11 Å². The first-order chi connectivity index (χ1) is 5.31. The SMILES string of the molecule is O[C@@H](CI)CCCC/C=C/I. The molecule has 1 nitrogen and oxygen atoms in total. The fourth-order valence-electron chi connectivity index (χ4n) is 0.782. The van der Waals surface area contributed by atoms with Gasteiger partial charge in [0.15, 0.2) is 0 Å². The van der Waals surface area contributed by atoms with Gasteiger partial charge in [0.05, 0.1) is 6.10 Å². The molecule has 0 unspecified atom stereocenters. The van der Waals surface area contributed by atoms with E-state index >= 15 is 0 Å². The largest absolute Gasteiger partial charge is 0.392 e. The Morgan fingerprint density at radius 2 is 2.09 bits per heavy atom. The van der Waals surface area contributed by atoms with Gasteiger partial charge in [-0.1, -0.05) is 57.7 Å². The zero-order valence-electron chi connectivity index (χ0n) is 6.47. The number of aliphatic hydroxyl groups excluding tert-OH is 1. The molecule has 0 radical (unpaired) electrons. The Kier molecular flexibility index (Phi) is 10.2. The van der Waals surface area contributed by atoms with Crippen molar-refractivity contribution in [3.63, 3.8) is 0 Å². The summed E-state index contributed by atoms with van der Waals surface area (Å²) in [5.74, 6) is 0. The number of rotatable bonds is 6. The molecule has 3 heteroatoms. The molecule has 0 spiro atoms. The van der Waals surface area contributed by atoms with E-state index in [0.29, 0.717) is 0 Å². The molecule has 0 heterocycles. The third kappa shape index (κ3) is 9.07.